The summed E-state index contributed by atoms with van der Waals surface area (Å²) in [5.74, 6) is -0.297. The summed E-state index contributed by atoms with van der Waals surface area (Å²) in [6.45, 7) is 3.88. The normalized spacial score (nSPS) is 17.0. The van der Waals surface area contributed by atoms with E-state index in [0.717, 1.165) is 16.8 Å². The number of hydrogen-bond acceptors (Lipinski definition) is 3. The second-order valence-corrected chi connectivity index (χ2v) is 7.75. The molecule has 2 aromatic carbocycles. The summed E-state index contributed by atoms with van der Waals surface area (Å²) in [6.07, 6.45) is 1.48. The Kier molecular flexibility index (Phi) is 5.52. The van der Waals surface area contributed by atoms with Crippen LogP contribution in [0.5, 0.6) is 0 Å². The van der Waals surface area contributed by atoms with Gasteiger partial charge in [0.05, 0.1) is 10.0 Å². The second kappa shape index (κ2) is 7.55. The number of amides is 1. The van der Waals surface area contributed by atoms with Gasteiger partial charge in [-0.1, -0.05) is 35.3 Å². The molecule has 4 nitrogen and oxygen atoms in total. The van der Waals surface area contributed by atoms with Gasteiger partial charge in [0.1, 0.15) is 0 Å². The Bertz CT molecular complexity index is 911. The van der Waals surface area contributed by atoms with Gasteiger partial charge >= 0.3 is 0 Å². The molecule has 2 aromatic rings. The maximum Gasteiger partial charge on any atom is 0.256 e. The number of carbonyl (C=O) groups excluding carboxylic acids is 1. The van der Waals surface area contributed by atoms with E-state index >= 15 is 0 Å². The minimum Gasteiger partial charge on any atom is -0.378 e. The van der Waals surface area contributed by atoms with E-state index in [4.69, 9.17) is 23.2 Å². The molecule has 0 saturated carbocycles. The zero-order valence-corrected chi connectivity index (χ0v) is 17.1. The molecule has 6 heteroatoms. The average Bonchev–Trinajstić information content (AvgIpc) is 2.86. The Balaban J connectivity index is 2.26. The van der Waals surface area contributed by atoms with Gasteiger partial charge in [0.25, 0.3) is 5.91 Å². The Labute approximate surface area is 169 Å². The van der Waals surface area contributed by atoms with Crippen molar-refractivity contribution >= 4 is 34.8 Å². The Morgan fingerprint density at radius 3 is 2.56 bits per heavy atom. The molecular formula is C21H22Cl2N2O2. The standard InChI is InChI=1S/C21H22Cl2N2O2/c1-5-6-14(12-7-8-17(22)18(23)9-12)15-10-13(24(2)3)11-16-19(15)21(27)25(4)20(16)26/h5,7-11,14,21,27H,1,6H2,2-4H3. The van der Waals surface area contributed by atoms with Crippen LogP contribution in [0.2, 0.25) is 10.0 Å². The quantitative estimate of drug-likeness (QED) is 0.724. The highest BCUT2D eigenvalue weighted by Gasteiger charge is 2.37. The summed E-state index contributed by atoms with van der Waals surface area (Å²) in [5.41, 5.74) is 3.91. The molecule has 0 saturated heterocycles. The summed E-state index contributed by atoms with van der Waals surface area (Å²) in [4.78, 5) is 15.9. The first-order chi connectivity index (χ1) is 12.8. The van der Waals surface area contributed by atoms with Crippen molar-refractivity contribution in [1.82, 2.24) is 4.90 Å². The number of nitrogens with zero attached hydrogens (tertiary/aromatic N) is 2. The highest BCUT2D eigenvalue weighted by Crippen LogP contribution is 2.43. The monoisotopic (exact) mass is 404 g/mol. The van der Waals surface area contributed by atoms with Gasteiger partial charge in [0, 0.05) is 43.9 Å². The summed E-state index contributed by atoms with van der Waals surface area (Å²) >= 11 is 12.3. The molecule has 0 aromatic heterocycles. The molecule has 142 valence electrons. The minimum absolute atomic E-state index is 0.111. The van der Waals surface area contributed by atoms with Gasteiger partial charge in [-0.25, -0.2) is 0 Å². The van der Waals surface area contributed by atoms with E-state index in [1.165, 1.54) is 4.90 Å². The van der Waals surface area contributed by atoms with Crippen molar-refractivity contribution in [2.75, 3.05) is 26.0 Å². The van der Waals surface area contributed by atoms with Gasteiger partial charge < -0.3 is 14.9 Å². The molecule has 0 aliphatic carbocycles. The van der Waals surface area contributed by atoms with Crippen molar-refractivity contribution in [3.63, 3.8) is 0 Å². The Morgan fingerprint density at radius 2 is 1.96 bits per heavy atom. The maximum atomic E-state index is 12.6. The van der Waals surface area contributed by atoms with E-state index in [9.17, 15) is 9.90 Å². The maximum absolute atomic E-state index is 12.6. The van der Waals surface area contributed by atoms with Crippen LogP contribution in [0.3, 0.4) is 0 Å². The molecule has 0 bridgehead atoms. The van der Waals surface area contributed by atoms with Crippen LogP contribution >= 0.6 is 23.2 Å². The number of fused-ring (bicyclic) bond motifs is 1. The molecule has 1 heterocycles. The Morgan fingerprint density at radius 1 is 1.26 bits per heavy atom. The lowest BCUT2D eigenvalue weighted by Crippen LogP contribution is -2.22. The molecule has 1 aliphatic rings. The molecule has 1 amide bonds. The van der Waals surface area contributed by atoms with E-state index < -0.39 is 6.23 Å². The molecule has 2 atom stereocenters. The number of aliphatic hydroxyl groups excluding tert-OH is 1. The van der Waals surface area contributed by atoms with E-state index in [1.807, 2.05) is 49.3 Å². The molecule has 0 radical (unpaired) electrons. The molecule has 1 aliphatic heterocycles. The van der Waals surface area contributed by atoms with Crippen LogP contribution in [0, 0.1) is 0 Å². The third-order valence-electron chi connectivity index (χ3n) is 5.01. The summed E-state index contributed by atoms with van der Waals surface area (Å²) in [5, 5.41) is 11.7. The first-order valence-electron chi connectivity index (χ1n) is 8.62. The lowest BCUT2D eigenvalue weighted by molar-refractivity contribution is 0.0298. The number of aliphatic hydroxyl groups is 1. The van der Waals surface area contributed by atoms with Gasteiger partial charge in [0.2, 0.25) is 0 Å². The summed E-state index contributed by atoms with van der Waals surface area (Å²) in [6, 6.07) is 9.36. The zero-order valence-electron chi connectivity index (χ0n) is 15.5. The molecule has 1 N–H and O–H groups in total. The van der Waals surface area contributed by atoms with Crippen LogP contribution in [0.1, 0.15) is 45.6 Å². The predicted molar refractivity (Wildman–Crippen MR) is 111 cm³/mol. The average molecular weight is 405 g/mol. The van der Waals surface area contributed by atoms with Gasteiger partial charge in [-0.15, -0.1) is 6.58 Å². The van der Waals surface area contributed by atoms with E-state index in [2.05, 4.69) is 6.58 Å². The van der Waals surface area contributed by atoms with Gasteiger partial charge in [0.15, 0.2) is 6.23 Å². The van der Waals surface area contributed by atoms with Crippen molar-refractivity contribution in [1.29, 1.82) is 0 Å². The fraction of sp³-hybridized carbons (Fsp3) is 0.286. The van der Waals surface area contributed by atoms with E-state index in [1.54, 1.807) is 13.1 Å². The third-order valence-corrected chi connectivity index (χ3v) is 5.75. The van der Waals surface area contributed by atoms with Gasteiger partial charge in [-0.05, 0) is 41.8 Å². The van der Waals surface area contributed by atoms with Crippen LogP contribution in [0.4, 0.5) is 5.69 Å². The van der Waals surface area contributed by atoms with Crippen LogP contribution in [0.25, 0.3) is 0 Å². The van der Waals surface area contributed by atoms with Crippen LogP contribution in [0.15, 0.2) is 43.0 Å². The number of rotatable bonds is 5. The highest BCUT2D eigenvalue weighted by atomic mass is 35.5. The number of hydrogen-bond donors (Lipinski definition) is 1. The lowest BCUT2D eigenvalue weighted by Gasteiger charge is -2.24. The topological polar surface area (TPSA) is 43.8 Å². The third kappa shape index (κ3) is 3.45. The van der Waals surface area contributed by atoms with Gasteiger partial charge in [-0.3, -0.25) is 4.79 Å². The summed E-state index contributed by atoms with van der Waals surface area (Å²) in [7, 11) is 5.45. The number of halogens is 2. The first-order valence-corrected chi connectivity index (χ1v) is 9.38. The minimum atomic E-state index is -0.978. The number of allylic oxidation sites excluding steroid dienone is 1. The Hall–Kier alpha value is -2.01. The molecule has 2 unspecified atom stereocenters. The second-order valence-electron chi connectivity index (χ2n) is 6.93. The largest absolute Gasteiger partial charge is 0.378 e. The SMILES string of the molecule is C=CCC(c1ccc(Cl)c(Cl)c1)c1cc(N(C)C)cc2c1C(O)N(C)C2=O. The fourth-order valence-electron chi connectivity index (χ4n) is 3.50. The zero-order chi connectivity index (χ0) is 19.9. The predicted octanol–water partition coefficient (Wildman–Crippen LogP) is 4.84. The molecule has 27 heavy (non-hydrogen) atoms. The van der Waals surface area contributed by atoms with Gasteiger partial charge in [-0.2, -0.15) is 0 Å². The molecule has 3 rings (SSSR count). The molecular weight excluding hydrogens is 383 g/mol. The van der Waals surface area contributed by atoms with Crippen molar-refractivity contribution in [2.45, 2.75) is 18.6 Å². The number of anilines is 1. The van der Waals surface area contributed by atoms with Crippen LogP contribution < -0.4 is 4.90 Å². The molecule has 0 spiro atoms. The van der Waals surface area contributed by atoms with Crippen molar-refractivity contribution in [2.24, 2.45) is 0 Å². The van der Waals surface area contributed by atoms with Crippen LogP contribution in [-0.2, 0) is 0 Å². The lowest BCUT2D eigenvalue weighted by atomic mass is 9.84. The van der Waals surface area contributed by atoms with E-state index in [0.29, 0.717) is 27.6 Å². The fourth-order valence-corrected chi connectivity index (χ4v) is 3.81. The van der Waals surface area contributed by atoms with E-state index in [-0.39, 0.29) is 11.8 Å². The van der Waals surface area contributed by atoms with Crippen molar-refractivity contribution < 1.29 is 9.90 Å². The van der Waals surface area contributed by atoms with Crippen molar-refractivity contribution in [3.8, 4) is 0 Å². The van der Waals surface area contributed by atoms with Crippen LogP contribution in [-0.4, -0.2) is 37.1 Å². The number of benzene rings is 2. The first kappa shape index (κ1) is 19.7. The summed E-state index contributed by atoms with van der Waals surface area (Å²) < 4.78 is 0. The highest BCUT2D eigenvalue weighted by molar-refractivity contribution is 6.42. The number of carbonyl (C=O) groups is 1. The van der Waals surface area contributed by atoms with Crippen molar-refractivity contribution in [3.05, 3.63) is 75.3 Å². The smallest absolute Gasteiger partial charge is 0.256 e. The molecule has 0 fully saturated rings.